The SMILES string of the molecule is COC(=O)CC(C)Sc1ccnc(C)n1. The lowest BCUT2D eigenvalue weighted by Crippen LogP contribution is -2.08. The molecule has 82 valence electrons. The zero-order valence-electron chi connectivity index (χ0n) is 9.06. The van der Waals surface area contributed by atoms with Crippen LogP contribution < -0.4 is 0 Å². The quantitative estimate of drug-likeness (QED) is 0.445. The Hall–Kier alpha value is -1.10. The molecule has 0 amide bonds. The third kappa shape index (κ3) is 4.29. The first-order valence-corrected chi connectivity index (χ1v) is 5.53. The predicted octanol–water partition coefficient (Wildman–Crippen LogP) is 1.83. The molecule has 0 spiro atoms. The third-order valence-corrected chi connectivity index (χ3v) is 2.79. The number of thioether (sulfide) groups is 1. The maximum atomic E-state index is 11.0. The minimum absolute atomic E-state index is 0.159. The van der Waals surface area contributed by atoms with Gasteiger partial charge in [-0.25, -0.2) is 9.97 Å². The molecule has 1 rings (SSSR count). The fraction of sp³-hybridized carbons (Fsp3) is 0.500. The molecule has 1 heterocycles. The number of aromatic nitrogens is 2. The first kappa shape index (κ1) is 12.0. The molecule has 4 nitrogen and oxygen atoms in total. The molecule has 0 bridgehead atoms. The lowest BCUT2D eigenvalue weighted by Gasteiger charge is -2.08. The molecule has 15 heavy (non-hydrogen) atoms. The van der Waals surface area contributed by atoms with Crippen LogP contribution in [-0.4, -0.2) is 28.3 Å². The van der Waals surface area contributed by atoms with Crippen LogP contribution in [0.4, 0.5) is 0 Å². The largest absolute Gasteiger partial charge is 0.469 e. The molecule has 0 radical (unpaired) electrons. The van der Waals surface area contributed by atoms with Crippen molar-refractivity contribution in [2.75, 3.05) is 7.11 Å². The zero-order valence-corrected chi connectivity index (χ0v) is 9.87. The Morgan fingerprint density at radius 1 is 1.67 bits per heavy atom. The molecule has 1 unspecified atom stereocenters. The number of rotatable bonds is 4. The van der Waals surface area contributed by atoms with Crippen LogP contribution in [0.2, 0.25) is 0 Å². The van der Waals surface area contributed by atoms with Gasteiger partial charge in [0.15, 0.2) is 0 Å². The van der Waals surface area contributed by atoms with E-state index in [1.165, 1.54) is 7.11 Å². The summed E-state index contributed by atoms with van der Waals surface area (Å²) in [4.78, 5) is 19.3. The number of nitrogens with zero attached hydrogens (tertiary/aromatic N) is 2. The average Bonchev–Trinajstić information content (AvgIpc) is 2.17. The Kier molecular flexibility index (Phi) is 4.55. The van der Waals surface area contributed by atoms with Crippen molar-refractivity contribution < 1.29 is 9.53 Å². The van der Waals surface area contributed by atoms with Crippen molar-refractivity contribution in [1.82, 2.24) is 9.97 Å². The molecular weight excluding hydrogens is 212 g/mol. The summed E-state index contributed by atoms with van der Waals surface area (Å²) < 4.78 is 4.60. The lowest BCUT2D eigenvalue weighted by atomic mass is 10.3. The van der Waals surface area contributed by atoms with Gasteiger partial charge in [0, 0.05) is 11.4 Å². The summed E-state index contributed by atoms with van der Waals surface area (Å²) in [6.45, 7) is 3.81. The maximum Gasteiger partial charge on any atom is 0.306 e. The van der Waals surface area contributed by atoms with Crippen molar-refractivity contribution in [3.8, 4) is 0 Å². The smallest absolute Gasteiger partial charge is 0.306 e. The normalized spacial score (nSPS) is 12.2. The van der Waals surface area contributed by atoms with Crippen LogP contribution in [0.1, 0.15) is 19.2 Å². The van der Waals surface area contributed by atoms with Gasteiger partial charge >= 0.3 is 5.97 Å². The summed E-state index contributed by atoms with van der Waals surface area (Å²) in [5.41, 5.74) is 0. The van der Waals surface area contributed by atoms with E-state index in [1.54, 1.807) is 18.0 Å². The standard InChI is InChI=1S/C10H14N2O2S/c1-7(6-10(13)14-3)15-9-4-5-11-8(2)12-9/h4-5,7H,6H2,1-3H3. The first-order chi connectivity index (χ1) is 7.11. The summed E-state index contributed by atoms with van der Waals surface area (Å²) in [5.74, 6) is 0.547. The van der Waals surface area contributed by atoms with Crippen molar-refractivity contribution in [1.29, 1.82) is 0 Å². The molecule has 0 aliphatic heterocycles. The fourth-order valence-electron chi connectivity index (χ4n) is 1.07. The van der Waals surface area contributed by atoms with Gasteiger partial charge in [0.25, 0.3) is 0 Å². The predicted molar refractivity (Wildman–Crippen MR) is 58.7 cm³/mol. The molecule has 5 heteroatoms. The van der Waals surface area contributed by atoms with Crippen molar-refractivity contribution in [2.45, 2.75) is 30.5 Å². The van der Waals surface area contributed by atoms with E-state index in [-0.39, 0.29) is 11.2 Å². The fourth-order valence-corrected chi connectivity index (χ4v) is 2.02. The first-order valence-electron chi connectivity index (χ1n) is 4.65. The van der Waals surface area contributed by atoms with Gasteiger partial charge in [-0.1, -0.05) is 6.92 Å². The van der Waals surface area contributed by atoms with Crippen LogP contribution in [0.25, 0.3) is 0 Å². The number of methoxy groups -OCH3 is 1. The molecule has 0 aliphatic rings. The van der Waals surface area contributed by atoms with Crippen molar-refractivity contribution in [3.63, 3.8) is 0 Å². The lowest BCUT2D eigenvalue weighted by molar-refractivity contribution is -0.140. The van der Waals surface area contributed by atoms with Crippen molar-refractivity contribution >= 4 is 17.7 Å². The topological polar surface area (TPSA) is 52.1 Å². The van der Waals surface area contributed by atoms with Gasteiger partial charge in [0.05, 0.1) is 18.6 Å². The minimum Gasteiger partial charge on any atom is -0.469 e. The van der Waals surface area contributed by atoms with E-state index in [2.05, 4.69) is 14.7 Å². The monoisotopic (exact) mass is 226 g/mol. The highest BCUT2D eigenvalue weighted by atomic mass is 32.2. The molecule has 0 N–H and O–H groups in total. The van der Waals surface area contributed by atoms with Crippen LogP contribution in [0.15, 0.2) is 17.3 Å². The van der Waals surface area contributed by atoms with Crippen LogP contribution in [-0.2, 0) is 9.53 Å². The van der Waals surface area contributed by atoms with Crippen LogP contribution in [0, 0.1) is 6.92 Å². The molecule has 0 aliphatic carbocycles. The number of carbonyl (C=O) groups is 1. The molecule has 1 atom stereocenters. The number of ether oxygens (including phenoxy) is 1. The Morgan fingerprint density at radius 3 is 3.00 bits per heavy atom. The van der Waals surface area contributed by atoms with E-state index in [0.717, 1.165) is 10.9 Å². The molecular formula is C10H14N2O2S. The van der Waals surface area contributed by atoms with E-state index in [0.29, 0.717) is 6.42 Å². The summed E-state index contributed by atoms with van der Waals surface area (Å²) >= 11 is 1.55. The Labute approximate surface area is 93.5 Å². The average molecular weight is 226 g/mol. The minimum atomic E-state index is -0.194. The number of aryl methyl sites for hydroxylation is 1. The summed E-state index contributed by atoms with van der Waals surface area (Å²) in [6, 6.07) is 1.84. The molecule has 0 fully saturated rings. The number of hydrogen-bond donors (Lipinski definition) is 0. The highest BCUT2D eigenvalue weighted by molar-refractivity contribution is 7.99. The number of esters is 1. The highest BCUT2D eigenvalue weighted by Gasteiger charge is 2.11. The van der Waals surface area contributed by atoms with Gasteiger partial charge in [-0.2, -0.15) is 0 Å². The van der Waals surface area contributed by atoms with E-state index < -0.39 is 0 Å². The van der Waals surface area contributed by atoms with Crippen LogP contribution in [0.3, 0.4) is 0 Å². The Bertz CT molecular complexity index is 344. The van der Waals surface area contributed by atoms with Gasteiger partial charge in [-0.05, 0) is 13.0 Å². The summed E-state index contributed by atoms with van der Waals surface area (Å²) in [5, 5.41) is 1.05. The van der Waals surface area contributed by atoms with Gasteiger partial charge in [-0.3, -0.25) is 4.79 Å². The van der Waals surface area contributed by atoms with Gasteiger partial charge in [0.2, 0.25) is 0 Å². The van der Waals surface area contributed by atoms with E-state index in [1.807, 2.05) is 19.9 Å². The van der Waals surface area contributed by atoms with Gasteiger partial charge in [-0.15, -0.1) is 11.8 Å². The molecule has 0 saturated heterocycles. The Morgan fingerprint density at radius 2 is 2.40 bits per heavy atom. The van der Waals surface area contributed by atoms with Crippen LogP contribution >= 0.6 is 11.8 Å². The maximum absolute atomic E-state index is 11.0. The second kappa shape index (κ2) is 5.70. The third-order valence-electron chi connectivity index (χ3n) is 1.75. The molecule has 1 aromatic heterocycles. The zero-order chi connectivity index (χ0) is 11.3. The number of hydrogen-bond acceptors (Lipinski definition) is 5. The molecule has 1 aromatic rings. The molecule has 0 aromatic carbocycles. The van der Waals surface area contributed by atoms with E-state index >= 15 is 0 Å². The number of carbonyl (C=O) groups excluding carboxylic acids is 1. The molecule has 0 saturated carbocycles. The Balaban J connectivity index is 2.51. The summed E-state index contributed by atoms with van der Waals surface area (Å²) in [7, 11) is 1.40. The van der Waals surface area contributed by atoms with E-state index in [4.69, 9.17) is 0 Å². The van der Waals surface area contributed by atoms with Crippen molar-refractivity contribution in [3.05, 3.63) is 18.1 Å². The van der Waals surface area contributed by atoms with Crippen LogP contribution in [0.5, 0.6) is 0 Å². The second-order valence-electron chi connectivity index (χ2n) is 3.15. The van der Waals surface area contributed by atoms with Crippen molar-refractivity contribution in [2.24, 2.45) is 0 Å². The summed E-state index contributed by atoms with van der Waals surface area (Å²) in [6.07, 6.45) is 2.11. The van der Waals surface area contributed by atoms with Gasteiger partial charge in [0.1, 0.15) is 5.82 Å². The van der Waals surface area contributed by atoms with Gasteiger partial charge < -0.3 is 4.74 Å². The highest BCUT2D eigenvalue weighted by Crippen LogP contribution is 2.22. The second-order valence-corrected chi connectivity index (χ2v) is 4.61. The van der Waals surface area contributed by atoms with E-state index in [9.17, 15) is 4.79 Å².